The van der Waals surface area contributed by atoms with Gasteiger partial charge in [-0.25, -0.2) is 9.78 Å². The number of aromatic nitrogens is 4. The van der Waals surface area contributed by atoms with Crippen LogP contribution in [0.3, 0.4) is 0 Å². The number of aromatic amines is 1. The van der Waals surface area contributed by atoms with Crippen LogP contribution in [0.15, 0.2) is 21.7 Å². The Morgan fingerprint density at radius 1 is 1.24 bits per heavy atom. The van der Waals surface area contributed by atoms with Crippen LogP contribution in [0.1, 0.15) is 22.8 Å². The highest BCUT2D eigenvalue weighted by Crippen LogP contribution is 2.22. The number of rotatable bonds is 1. The molecule has 7 nitrogen and oxygen atoms in total. The molecule has 1 aromatic rings. The lowest BCUT2D eigenvalue weighted by atomic mass is 10.0. The Morgan fingerprint density at radius 2 is 1.95 bits per heavy atom. The van der Waals surface area contributed by atoms with Gasteiger partial charge in [-0.1, -0.05) is 0 Å². The average Bonchev–Trinajstić information content (AvgIpc) is 2.39. The highest BCUT2D eigenvalue weighted by molar-refractivity contribution is 5.99. The third-order valence-electron chi connectivity index (χ3n) is 3.47. The molecule has 7 heteroatoms. The summed E-state index contributed by atoms with van der Waals surface area (Å²) in [7, 11) is 1.68. The van der Waals surface area contributed by atoms with Gasteiger partial charge in [0.2, 0.25) is 0 Å². The number of aryl methyl sites for hydroxylation is 2. The van der Waals surface area contributed by atoms with E-state index in [1.807, 2.05) is 6.92 Å². The summed E-state index contributed by atoms with van der Waals surface area (Å²) in [6.45, 7) is 3.30. The molecule has 2 aliphatic rings. The van der Waals surface area contributed by atoms with Gasteiger partial charge in [-0.2, -0.15) is 4.98 Å². The quantitative estimate of drug-likeness (QED) is 0.522. The predicted octanol–water partition coefficient (Wildman–Crippen LogP) is 0.633. The maximum atomic E-state index is 11.8. The van der Waals surface area contributed by atoms with Gasteiger partial charge in [-0.3, -0.25) is 14.6 Å². The smallest absolute Gasteiger partial charge is 0.325 e. The van der Waals surface area contributed by atoms with Crippen LogP contribution >= 0.6 is 0 Å². The van der Waals surface area contributed by atoms with Gasteiger partial charge in [0.25, 0.3) is 5.56 Å². The van der Waals surface area contributed by atoms with E-state index < -0.39 is 11.2 Å². The fourth-order valence-corrected chi connectivity index (χ4v) is 2.42. The standard InChI is InChI=1S/C14H12N4O3/c1-6-4-9-10(5-8(6)7(2)19)18(3)12-11(15-9)13(20)17-14(21)16-12/h4-5H,1-3H3,(H,17,20,21). The van der Waals surface area contributed by atoms with Crippen molar-refractivity contribution in [2.75, 3.05) is 0 Å². The average molecular weight is 284 g/mol. The molecule has 2 heterocycles. The highest BCUT2D eigenvalue weighted by atomic mass is 16.2. The molecule has 0 saturated carbocycles. The summed E-state index contributed by atoms with van der Waals surface area (Å²) >= 11 is 0. The molecule has 0 unspecified atom stereocenters. The Kier molecular flexibility index (Phi) is 2.72. The van der Waals surface area contributed by atoms with Crippen molar-refractivity contribution in [3.63, 3.8) is 0 Å². The summed E-state index contributed by atoms with van der Waals surface area (Å²) < 4.78 is 1.60. The zero-order valence-electron chi connectivity index (χ0n) is 11.7. The minimum atomic E-state index is -0.719. The van der Waals surface area contributed by atoms with E-state index in [4.69, 9.17) is 0 Å². The zero-order valence-corrected chi connectivity index (χ0v) is 11.7. The molecule has 2 aliphatic heterocycles. The molecule has 106 valence electrons. The molecule has 0 atom stereocenters. The second kappa shape index (κ2) is 4.34. The van der Waals surface area contributed by atoms with Crippen molar-refractivity contribution in [2.45, 2.75) is 13.8 Å². The molecule has 21 heavy (non-hydrogen) atoms. The number of hydrogen-bond acceptors (Lipinski definition) is 5. The minimum absolute atomic E-state index is 0.0575. The summed E-state index contributed by atoms with van der Waals surface area (Å²) in [5.41, 5.74) is 1.37. The lowest BCUT2D eigenvalue weighted by molar-refractivity contribution is 0.101. The highest BCUT2D eigenvalue weighted by Gasteiger charge is 2.18. The van der Waals surface area contributed by atoms with E-state index in [9.17, 15) is 14.4 Å². The van der Waals surface area contributed by atoms with Gasteiger partial charge >= 0.3 is 5.69 Å². The Bertz CT molecular complexity index is 984. The first-order valence-electron chi connectivity index (χ1n) is 6.31. The number of carbonyl (C=O) groups is 1. The Labute approximate surface area is 118 Å². The van der Waals surface area contributed by atoms with Gasteiger partial charge < -0.3 is 4.57 Å². The van der Waals surface area contributed by atoms with Crippen molar-refractivity contribution in [1.29, 1.82) is 0 Å². The number of ketones is 1. The van der Waals surface area contributed by atoms with Crippen LogP contribution < -0.4 is 11.2 Å². The van der Waals surface area contributed by atoms with Crippen molar-refractivity contribution >= 4 is 16.8 Å². The van der Waals surface area contributed by atoms with Gasteiger partial charge in [-0.05, 0) is 31.5 Å². The van der Waals surface area contributed by atoms with Crippen molar-refractivity contribution in [1.82, 2.24) is 19.5 Å². The molecule has 0 fully saturated rings. The van der Waals surface area contributed by atoms with E-state index in [1.165, 1.54) is 6.92 Å². The summed E-state index contributed by atoms with van der Waals surface area (Å²) in [4.78, 5) is 45.0. The predicted molar refractivity (Wildman–Crippen MR) is 76.8 cm³/mol. The van der Waals surface area contributed by atoms with Crippen LogP contribution in [0.4, 0.5) is 0 Å². The largest absolute Gasteiger partial charge is 0.349 e. The fourth-order valence-electron chi connectivity index (χ4n) is 2.42. The van der Waals surface area contributed by atoms with E-state index in [1.54, 1.807) is 23.7 Å². The number of H-pyrrole nitrogens is 1. The first kappa shape index (κ1) is 13.2. The number of hydrogen-bond donors (Lipinski definition) is 1. The van der Waals surface area contributed by atoms with Gasteiger partial charge in [0, 0.05) is 12.6 Å². The summed E-state index contributed by atoms with van der Waals surface area (Å²) in [6, 6.07) is 3.45. The molecule has 0 aliphatic carbocycles. The summed E-state index contributed by atoms with van der Waals surface area (Å²) in [5.74, 6) is 0.132. The van der Waals surface area contributed by atoms with Gasteiger partial charge in [0.05, 0.1) is 11.0 Å². The van der Waals surface area contributed by atoms with E-state index in [2.05, 4.69) is 15.0 Å². The van der Waals surface area contributed by atoms with Gasteiger partial charge in [0.1, 0.15) is 0 Å². The molecule has 0 amide bonds. The molecular formula is C14H12N4O3. The Morgan fingerprint density at radius 3 is 2.62 bits per heavy atom. The van der Waals surface area contributed by atoms with Gasteiger partial charge in [-0.15, -0.1) is 0 Å². The van der Waals surface area contributed by atoms with Crippen molar-refractivity contribution in [2.24, 2.45) is 7.05 Å². The third-order valence-corrected chi connectivity index (χ3v) is 3.47. The lowest BCUT2D eigenvalue weighted by Crippen LogP contribution is -2.28. The lowest BCUT2D eigenvalue weighted by Gasteiger charge is -2.14. The van der Waals surface area contributed by atoms with Crippen LogP contribution in [0.5, 0.6) is 0 Å². The first-order chi connectivity index (χ1) is 9.88. The molecule has 0 saturated heterocycles. The number of Topliss-reactive ketones (excluding diaryl/α,β-unsaturated/α-hetero) is 1. The monoisotopic (exact) mass is 284 g/mol. The van der Waals surface area contributed by atoms with Crippen molar-refractivity contribution in [3.05, 3.63) is 44.1 Å². The number of benzene rings is 1. The first-order valence-corrected chi connectivity index (χ1v) is 6.31. The van der Waals surface area contributed by atoms with Crippen LogP contribution in [-0.4, -0.2) is 25.3 Å². The summed E-state index contributed by atoms with van der Waals surface area (Å²) in [6.07, 6.45) is 0. The Balaban J connectivity index is 2.55. The van der Waals surface area contributed by atoms with E-state index in [-0.39, 0.29) is 17.3 Å². The second-order valence-electron chi connectivity index (χ2n) is 4.93. The van der Waals surface area contributed by atoms with Crippen LogP contribution in [0.2, 0.25) is 0 Å². The minimum Gasteiger partial charge on any atom is -0.325 e. The maximum Gasteiger partial charge on any atom is 0.349 e. The number of nitrogens with zero attached hydrogens (tertiary/aromatic N) is 3. The topological polar surface area (TPSA) is 97.7 Å². The fraction of sp³-hybridized carbons (Fsp3) is 0.214. The molecule has 3 rings (SSSR count). The Hall–Kier alpha value is -2.83. The maximum absolute atomic E-state index is 11.8. The molecule has 0 radical (unpaired) electrons. The van der Waals surface area contributed by atoms with E-state index in [0.29, 0.717) is 16.6 Å². The van der Waals surface area contributed by atoms with Crippen LogP contribution in [-0.2, 0) is 7.05 Å². The number of carbonyl (C=O) groups excluding carboxylic acids is 1. The molecule has 0 spiro atoms. The summed E-state index contributed by atoms with van der Waals surface area (Å²) in [5, 5.41) is 0. The molecule has 1 aromatic carbocycles. The van der Waals surface area contributed by atoms with Gasteiger partial charge in [0.15, 0.2) is 17.3 Å². The normalized spacial score (nSPS) is 11.2. The zero-order chi connectivity index (χ0) is 15.3. The van der Waals surface area contributed by atoms with Crippen molar-refractivity contribution in [3.8, 4) is 11.5 Å². The number of fused-ring (bicyclic) bond motifs is 2. The van der Waals surface area contributed by atoms with E-state index >= 15 is 0 Å². The molecule has 0 bridgehead atoms. The third kappa shape index (κ3) is 1.94. The molecular weight excluding hydrogens is 272 g/mol. The number of nitrogens with one attached hydrogen (secondary N) is 1. The second-order valence-corrected chi connectivity index (χ2v) is 4.93. The van der Waals surface area contributed by atoms with E-state index in [0.717, 1.165) is 5.56 Å². The molecule has 1 N–H and O–H groups in total. The van der Waals surface area contributed by atoms with Crippen LogP contribution in [0.25, 0.3) is 22.6 Å². The van der Waals surface area contributed by atoms with Crippen molar-refractivity contribution < 1.29 is 4.79 Å². The SMILES string of the molecule is CC(=O)c1cc2c(cc1C)nc1c(=O)[nH]c(=O)nc-1n2C. The molecule has 0 aromatic heterocycles. The van der Waals surface area contributed by atoms with Crippen LogP contribution in [0, 0.1) is 6.92 Å².